The van der Waals surface area contributed by atoms with E-state index in [2.05, 4.69) is 46.8 Å². The molecule has 3 heteroatoms. The van der Waals surface area contributed by atoms with E-state index in [9.17, 15) is 0 Å². The van der Waals surface area contributed by atoms with E-state index in [1.165, 1.54) is 24.9 Å². The topological polar surface area (TPSA) is 29.3 Å². The summed E-state index contributed by atoms with van der Waals surface area (Å²) in [5.74, 6) is 0. The van der Waals surface area contributed by atoms with Gasteiger partial charge in [-0.15, -0.1) is 0 Å². The highest BCUT2D eigenvalue weighted by Crippen LogP contribution is 2.34. The molecule has 0 aliphatic carbocycles. The van der Waals surface area contributed by atoms with Gasteiger partial charge in [0.05, 0.1) is 11.4 Å². The Balaban J connectivity index is 2.17. The number of nitrogens with two attached hydrogens (primary N) is 1. The molecule has 17 heavy (non-hydrogen) atoms. The highest BCUT2D eigenvalue weighted by Gasteiger charge is 2.23. The molecule has 0 amide bonds. The first-order valence-corrected chi connectivity index (χ1v) is 7.07. The molecule has 1 aromatic carbocycles. The van der Waals surface area contributed by atoms with Gasteiger partial charge in [0.2, 0.25) is 0 Å². The Morgan fingerprint density at radius 2 is 2.00 bits per heavy atom. The summed E-state index contributed by atoms with van der Waals surface area (Å²) >= 11 is 3.46. The molecule has 1 fully saturated rings. The molecular weight excluding hydrogens is 276 g/mol. The van der Waals surface area contributed by atoms with E-state index < -0.39 is 0 Å². The predicted octanol–water partition coefficient (Wildman–Crippen LogP) is 4.05. The van der Waals surface area contributed by atoms with Gasteiger partial charge in [0.15, 0.2) is 0 Å². The summed E-state index contributed by atoms with van der Waals surface area (Å²) in [6, 6.07) is 6.19. The van der Waals surface area contributed by atoms with E-state index in [0.29, 0.717) is 5.41 Å². The molecule has 1 aliphatic rings. The third-order valence-corrected chi connectivity index (χ3v) is 4.16. The van der Waals surface area contributed by atoms with E-state index in [1.54, 1.807) is 0 Å². The lowest BCUT2D eigenvalue weighted by atomic mass is 9.85. The Morgan fingerprint density at radius 3 is 2.71 bits per heavy atom. The van der Waals surface area contributed by atoms with Crippen molar-refractivity contribution in [3.8, 4) is 0 Å². The predicted molar refractivity (Wildman–Crippen MR) is 78.4 cm³/mol. The van der Waals surface area contributed by atoms with Crippen molar-refractivity contribution in [1.29, 1.82) is 0 Å². The van der Waals surface area contributed by atoms with Crippen LogP contribution < -0.4 is 10.6 Å². The number of anilines is 2. The SMILES string of the molecule is CC1(C)CCCN(c2ccc(Br)cc2N)CC1. The third kappa shape index (κ3) is 3.15. The normalized spacial score (nSPS) is 20.1. The van der Waals surface area contributed by atoms with Crippen molar-refractivity contribution in [2.75, 3.05) is 23.7 Å². The molecule has 0 radical (unpaired) electrons. The minimum absolute atomic E-state index is 0.471. The lowest BCUT2D eigenvalue weighted by molar-refractivity contribution is 0.325. The Kier molecular flexibility index (Phi) is 3.67. The molecule has 1 aliphatic heterocycles. The summed E-state index contributed by atoms with van der Waals surface area (Å²) in [5.41, 5.74) is 8.63. The molecule has 0 unspecified atom stereocenters. The van der Waals surface area contributed by atoms with Crippen molar-refractivity contribution in [2.45, 2.75) is 33.1 Å². The second-order valence-corrected chi connectivity index (χ2v) is 6.62. The number of benzene rings is 1. The largest absolute Gasteiger partial charge is 0.397 e. The van der Waals surface area contributed by atoms with Gasteiger partial charge < -0.3 is 10.6 Å². The highest BCUT2D eigenvalue weighted by atomic mass is 79.9. The number of hydrogen-bond acceptors (Lipinski definition) is 2. The average Bonchev–Trinajstić information content (AvgIpc) is 2.40. The van der Waals surface area contributed by atoms with E-state index >= 15 is 0 Å². The van der Waals surface area contributed by atoms with Crippen LogP contribution in [0.2, 0.25) is 0 Å². The number of rotatable bonds is 1. The van der Waals surface area contributed by atoms with Gasteiger partial charge in [-0.1, -0.05) is 29.8 Å². The van der Waals surface area contributed by atoms with E-state index in [-0.39, 0.29) is 0 Å². The van der Waals surface area contributed by atoms with Gasteiger partial charge in [-0.3, -0.25) is 0 Å². The number of nitrogen functional groups attached to an aromatic ring is 1. The maximum Gasteiger partial charge on any atom is 0.0600 e. The second kappa shape index (κ2) is 4.89. The van der Waals surface area contributed by atoms with Crippen molar-refractivity contribution in [3.05, 3.63) is 22.7 Å². The Hall–Kier alpha value is -0.700. The zero-order valence-corrected chi connectivity index (χ0v) is 12.3. The summed E-state index contributed by atoms with van der Waals surface area (Å²) in [6.07, 6.45) is 3.80. The summed E-state index contributed by atoms with van der Waals surface area (Å²) < 4.78 is 1.05. The molecular formula is C14H21BrN2. The zero-order chi connectivity index (χ0) is 12.5. The van der Waals surface area contributed by atoms with Crippen molar-refractivity contribution < 1.29 is 0 Å². The number of hydrogen-bond donors (Lipinski definition) is 1. The molecule has 2 nitrogen and oxygen atoms in total. The minimum atomic E-state index is 0.471. The van der Waals surface area contributed by atoms with E-state index in [4.69, 9.17) is 5.73 Å². The summed E-state index contributed by atoms with van der Waals surface area (Å²) in [6.45, 7) is 6.96. The first-order chi connectivity index (χ1) is 7.98. The maximum atomic E-state index is 6.10. The summed E-state index contributed by atoms with van der Waals surface area (Å²) in [7, 11) is 0. The lowest BCUT2D eigenvalue weighted by Gasteiger charge is -2.26. The molecule has 2 rings (SSSR count). The fourth-order valence-corrected chi connectivity index (χ4v) is 2.86. The van der Waals surface area contributed by atoms with Crippen LogP contribution in [0.15, 0.2) is 22.7 Å². The van der Waals surface area contributed by atoms with Crippen LogP contribution in [0, 0.1) is 5.41 Å². The van der Waals surface area contributed by atoms with Gasteiger partial charge in [0.25, 0.3) is 0 Å². The molecule has 0 bridgehead atoms. The van der Waals surface area contributed by atoms with Gasteiger partial charge in [0, 0.05) is 17.6 Å². The van der Waals surface area contributed by atoms with Gasteiger partial charge >= 0.3 is 0 Å². The van der Waals surface area contributed by atoms with E-state index in [0.717, 1.165) is 23.2 Å². The quantitative estimate of drug-likeness (QED) is 0.792. The van der Waals surface area contributed by atoms with Crippen LogP contribution in [0.1, 0.15) is 33.1 Å². The van der Waals surface area contributed by atoms with Crippen LogP contribution in [0.5, 0.6) is 0 Å². The number of halogens is 1. The van der Waals surface area contributed by atoms with Crippen molar-refractivity contribution in [1.82, 2.24) is 0 Å². The Morgan fingerprint density at radius 1 is 1.24 bits per heavy atom. The van der Waals surface area contributed by atoms with Crippen LogP contribution in [0.4, 0.5) is 11.4 Å². The molecule has 0 atom stereocenters. The Labute approximate surface area is 112 Å². The third-order valence-electron chi connectivity index (χ3n) is 3.67. The van der Waals surface area contributed by atoms with Gasteiger partial charge in [-0.25, -0.2) is 0 Å². The van der Waals surface area contributed by atoms with Crippen molar-refractivity contribution in [3.63, 3.8) is 0 Å². The van der Waals surface area contributed by atoms with E-state index in [1.807, 2.05) is 6.07 Å². The van der Waals surface area contributed by atoms with Crippen molar-refractivity contribution >= 4 is 27.3 Å². The second-order valence-electron chi connectivity index (χ2n) is 5.71. The lowest BCUT2D eigenvalue weighted by Crippen LogP contribution is -2.25. The molecule has 0 saturated carbocycles. The molecule has 2 N–H and O–H groups in total. The average molecular weight is 297 g/mol. The molecule has 0 spiro atoms. The van der Waals surface area contributed by atoms with Gasteiger partial charge in [-0.05, 0) is 42.9 Å². The molecule has 1 heterocycles. The monoisotopic (exact) mass is 296 g/mol. The first kappa shape index (κ1) is 12.7. The highest BCUT2D eigenvalue weighted by molar-refractivity contribution is 9.10. The van der Waals surface area contributed by atoms with Crippen LogP contribution in [0.3, 0.4) is 0 Å². The minimum Gasteiger partial charge on any atom is -0.397 e. The standard InChI is InChI=1S/C14H21BrN2/c1-14(2)6-3-8-17(9-7-14)13-5-4-11(15)10-12(13)16/h4-5,10H,3,6-9,16H2,1-2H3. The van der Waals surface area contributed by atoms with Gasteiger partial charge in [-0.2, -0.15) is 0 Å². The van der Waals surface area contributed by atoms with Crippen LogP contribution in [0.25, 0.3) is 0 Å². The summed E-state index contributed by atoms with van der Waals surface area (Å²) in [4.78, 5) is 2.43. The molecule has 94 valence electrons. The number of nitrogens with zero attached hydrogens (tertiary/aromatic N) is 1. The Bertz CT molecular complexity index is 401. The smallest absolute Gasteiger partial charge is 0.0600 e. The molecule has 1 saturated heterocycles. The summed E-state index contributed by atoms with van der Waals surface area (Å²) in [5, 5.41) is 0. The van der Waals surface area contributed by atoms with Crippen LogP contribution >= 0.6 is 15.9 Å². The first-order valence-electron chi connectivity index (χ1n) is 6.28. The van der Waals surface area contributed by atoms with Crippen LogP contribution in [-0.4, -0.2) is 13.1 Å². The fourth-order valence-electron chi connectivity index (χ4n) is 2.48. The van der Waals surface area contributed by atoms with Crippen LogP contribution in [-0.2, 0) is 0 Å². The molecule has 0 aromatic heterocycles. The zero-order valence-electron chi connectivity index (χ0n) is 10.7. The van der Waals surface area contributed by atoms with Gasteiger partial charge in [0.1, 0.15) is 0 Å². The maximum absolute atomic E-state index is 6.10. The molecule has 1 aromatic rings. The van der Waals surface area contributed by atoms with Crippen molar-refractivity contribution in [2.24, 2.45) is 5.41 Å². The fraction of sp³-hybridized carbons (Fsp3) is 0.571.